The summed E-state index contributed by atoms with van der Waals surface area (Å²) in [7, 11) is 0. The molecular weight excluding hydrogens is 274 g/mol. The summed E-state index contributed by atoms with van der Waals surface area (Å²) in [5, 5.41) is 19.8. The van der Waals surface area contributed by atoms with Gasteiger partial charge in [-0.1, -0.05) is 12.8 Å². The van der Waals surface area contributed by atoms with Crippen molar-refractivity contribution in [3.8, 4) is 0 Å². The zero-order valence-electron chi connectivity index (χ0n) is 11.5. The zero-order valence-corrected chi connectivity index (χ0v) is 11.5. The Morgan fingerprint density at radius 1 is 1.19 bits per heavy atom. The number of non-ortho nitro benzene ring substituents is 1. The van der Waals surface area contributed by atoms with E-state index in [2.05, 4.69) is 0 Å². The van der Waals surface area contributed by atoms with E-state index in [1.807, 2.05) is 0 Å². The second kappa shape index (κ2) is 6.47. The Kier molecular flexibility index (Phi) is 4.67. The molecule has 1 aromatic rings. The lowest BCUT2D eigenvalue weighted by atomic mass is 9.76. The maximum Gasteiger partial charge on any atom is 0.306 e. The molecule has 1 aliphatic carbocycles. The molecule has 0 radical (unpaired) electrons. The van der Waals surface area contributed by atoms with E-state index in [0.29, 0.717) is 12.0 Å². The van der Waals surface area contributed by atoms with Gasteiger partial charge < -0.3 is 5.11 Å². The van der Waals surface area contributed by atoms with Gasteiger partial charge in [-0.2, -0.15) is 0 Å². The molecule has 0 aliphatic heterocycles. The number of aliphatic carboxylic acids is 1. The Bertz CT molecular complexity index is 552. The van der Waals surface area contributed by atoms with Crippen molar-refractivity contribution < 1.29 is 19.6 Å². The van der Waals surface area contributed by atoms with Crippen molar-refractivity contribution in [1.29, 1.82) is 0 Å². The zero-order chi connectivity index (χ0) is 15.4. The van der Waals surface area contributed by atoms with Gasteiger partial charge in [0.1, 0.15) is 0 Å². The predicted octanol–water partition coefficient (Wildman–Crippen LogP) is 3.06. The molecule has 2 atom stereocenters. The average Bonchev–Trinajstić information content (AvgIpc) is 2.47. The Hall–Kier alpha value is -2.24. The smallest absolute Gasteiger partial charge is 0.306 e. The summed E-state index contributed by atoms with van der Waals surface area (Å²) >= 11 is 0. The Labute approximate surface area is 121 Å². The molecule has 0 amide bonds. The Morgan fingerprint density at radius 3 is 2.38 bits per heavy atom. The lowest BCUT2D eigenvalue weighted by Gasteiger charge is -2.27. The minimum absolute atomic E-state index is 0.0624. The number of nitrogens with zero attached hydrogens (tertiary/aromatic N) is 1. The molecule has 6 nitrogen and oxygen atoms in total. The summed E-state index contributed by atoms with van der Waals surface area (Å²) in [4.78, 5) is 33.5. The lowest BCUT2D eigenvalue weighted by molar-refractivity contribution is -0.384. The number of ketones is 1. The molecule has 1 N–H and O–H groups in total. The Morgan fingerprint density at radius 2 is 1.81 bits per heavy atom. The first-order valence-electron chi connectivity index (χ1n) is 6.99. The Balaban J connectivity index is 2.06. The molecule has 21 heavy (non-hydrogen) atoms. The van der Waals surface area contributed by atoms with Crippen LogP contribution in [0.4, 0.5) is 5.69 Å². The first-order chi connectivity index (χ1) is 9.99. The van der Waals surface area contributed by atoms with E-state index < -0.39 is 16.8 Å². The highest BCUT2D eigenvalue weighted by Crippen LogP contribution is 2.33. The standard InChI is InChI=1S/C15H17NO5/c17-14(10-5-7-12(8-6-10)16(20)21)9-11-3-1-2-4-13(11)15(18)19/h5-8,11,13H,1-4,9H2,(H,18,19). The molecule has 0 aromatic heterocycles. The van der Waals surface area contributed by atoms with E-state index in [9.17, 15) is 24.8 Å². The molecule has 0 saturated heterocycles. The summed E-state index contributed by atoms with van der Waals surface area (Å²) in [6.45, 7) is 0. The van der Waals surface area contributed by atoms with Crippen LogP contribution in [-0.2, 0) is 4.79 Å². The average molecular weight is 291 g/mol. The fraction of sp³-hybridized carbons (Fsp3) is 0.467. The second-order valence-corrected chi connectivity index (χ2v) is 5.42. The van der Waals surface area contributed by atoms with Gasteiger partial charge in [-0.25, -0.2) is 0 Å². The molecule has 0 heterocycles. The maximum absolute atomic E-state index is 12.2. The van der Waals surface area contributed by atoms with Gasteiger partial charge in [0, 0.05) is 24.1 Å². The summed E-state index contributed by atoms with van der Waals surface area (Å²) in [6, 6.07) is 5.45. The van der Waals surface area contributed by atoms with Crippen molar-refractivity contribution in [3.05, 3.63) is 39.9 Å². The molecule has 112 valence electrons. The van der Waals surface area contributed by atoms with E-state index in [1.165, 1.54) is 24.3 Å². The molecular formula is C15H17NO5. The van der Waals surface area contributed by atoms with Crippen LogP contribution in [0.1, 0.15) is 42.5 Å². The predicted molar refractivity (Wildman–Crippen MR) is 75.1 cm³/mol. The van der Waals surface area contributed by atoms with Crippen LogP contribution in [0.25, 0.3) is 0 Å². The monoisotopic (exact) mass is 291 g/mol. The van der Waals surface area contributed by atoms with Crippen molar-refractivity contribution in [3.63, 3.8) is 0 Å². The van der Waals surface area contributed by atoms with Crippen LogP contribution >= 0.6 is 0 Å². The highest BCUT2D eigenvalue weighted by molar-refractivity contribution is 5.96. The third kappa shape index (κ3) is 3.65. The molecule has 1 aliphatic rings. The highest BCUT2D eigenvalue weighted by atomic mass is 16.6. The van der Waals surface area contributed by atoms with E-state index in [1.54, 1.807) is 0 Å². The van der Waals surface area contributed by atoms with E-state index in [0.717, 1.165) is 19.3 Å². The van der Waals surface area contributed by atoms with Crippen molar-refractivity contribution >= 4 is 17.4 Å². The number of carbonyl (C=O) groups is 2. The van der Waals surface area contributed by atoms with Crippen LogP contribution in [0.3, 0.4) is 0 Å². The molecule has 0 bridgehead atoms. The first-order valence-corrected chi connectivity index (χ1v) is 6.99. The molecule has 2 unspecified atom stereocenters. The van der Waals surface area contributed by atoms with Crippen molar-refractivity contribution in [2.24, 2.45) is 11.8 Å². The third-order valence-electron chi connectivity index (χ3n) is 4.07. The molecule has 1 saturated carbocycles. The van der Waals surface area contributed by atoms with Gasteiger partial charge in [0.25, 0.3) is 5.69 Å². The van der Waals surface area contributed by atoms with Crippen molar-refractivity contribution in [1.82, 2.24) is 0 Å². The fourth-order valence-electron chi connectivity index (χ4n) is 2.90. The van der Waals surface area contributed by atoms with E-state index >= 15 is 0 Å². The largest absolute Gasteiger partial charge is 0.481 e. The fourth-order valence-corrected chi connectivity index (χ4v) is 2.90. The van der Waals surface area contributed by atoms with Crippen molar-refractivity contribution in [2.45, 2.75) is 32.1 Å². The molecule has 6 heteroatoms. The van der Waals surface area contributed by atoms with Gasteiger partial charge in [0.2, 0.25) is 0 Å². The van der Waals surface area contributed by atoms with Crippen LogP contribution < -0.4 is 0 Å². The third-order valence-corrected chi connectivity index (χ3v) is 4.07. The molecule has 2 rings (SSSR count). The number of hydrogen-bond donors (Lipinski definition) is 1. The van der Waals surface area contributed by atoms with Gasteiger partial charge in [-0.3, -0.25) is 19.7 Å². The molecule has 0 spiro atoms. The van der Waals surface area contributed by atoms with Crippen LogP contribution in [0.2, 0.25) is 0 Å². The lowest BCUT2D eigenvalue weighted by Crippen LogP contribution is -2.28. The minimum atomic E-state index is -0.837. The number of rotatable bonds is 5. The van der Waals surface area contributed by atoms with Crippen LogP contribution in [0.5, 0.6) is 0 Å². The van der Waals surface area contributed by atoms with Gasteiger partial charge in [0.15, 0.2) is 5.78 Å². The SMILES string of the molecule is O=C(CC1CCCCC1C(=O)O)c1ccc([N+](=O)[O-])cc1. The summed E-state index contributed by atoms with van der Waals surface area (Å²) in [5.74, 6) is -1.58. The normalized spacial score (nSPS) is 21.7. The number of carbonyl (C=O) groups excluding carboxylic acids is 1. The molecule has 1 aromatic carbocycles. The maximum atomic E-state index is 12.2. The number of benzene rings is 1. The summed E-state index contributed by atoms with van der Waals surface area (Å²) in [6.07, 6.45) is 3.39. The van der Waals surface area contributed by atoms with Crippen molar-refractivity contribution in [2.75, 3.05) is 0 Å². The van der Waals surface area contributed by atoms with Crippen LogP contribution in [0, 0.1) is 22.0 Å². The second-order valence-electron chi connectivity index (χ2n) is 5.42. The van der Waals surface area contributed by atoms with Gasteiger partial charge in [-0.15, -0.1) is 0 Å². The molecule has 1 fully saturated rings. The first kappa shape index (κ1) is 15.2. The number of carboxylic acids is 1. The summed E-state index contributed by atoms with van der Waals surface area (Å²) < 4.78 is 0. The number of carboxylic acid groups (broad SMARTS) is 1. The number of nitro groups is 1. The van der Waals surface area contributed by atoms with Crippen LogP contribution in [0.15, 0.2) is 24.3 Å². The van der Waals surface area contributed by atoms with Crippen LogP contribution in [-0.4, -0.2) is 21.8 Å². The highest BCUT2D eigenvalue weighted by Gasteiger charge is 2.32. The van der Waals surface area contributed by atoms with E-state index in [-0.39, 0.29) is 23.8 Å². The van der Waals surface area contributed by atoms with Gasteiger partial charge >= 0.3 is 5.97 Å². The number of hydrogen-bond acceptors (Lipinski definition) is 4. The summed E-state index contributed by atoms with van der Waals surface area (Å²) in [5.41, 5.74) is 0.336. The number of Topliss-reactive ketones (excluding diaryl/α,β-unsaturated/α-hetero) is 1. The van der Waals surface area contributed by atoms with Gasteiger partial charge in [0.05, 0.1) is 10.8 Å². The van der Waals surface area contributed by atoms with E-state index in [4.69, 9.17) is 0 Å². The number of nitro benzene ring substituents is 1. The minimum Gasteiger partial charge on any atom is -0.481 e. The van der Waals surface area contributed by atoms with Gasteiger partial charge in [-0.05, 0) is 30.9 Å². The quantitative estimate of drug-likeness (QED) is 0.510. The topological polar surface area (TPSA) is 97.5 Å².